The van der Waals surface area contributed by atoms with Crippen LogP contribution in [0.1, 0.15) is 28.8 Å². The number of nitrogens with two attached hydrogens (primary N) is 1. The van der Waals surface area contributed by atoms with Crippen LogP contribution in [0.25, 0.3) is 0 Å². The molecule has 21 heavy (non-hydrogen) atoms. The third kappa shape index (κ3) is 5.25. The van der Waals surface area contributed by atoms with Crippen molar-refractivity contribution in [3.63, 3.8) is 0 Å². The lowest BCUT2D eigenvalue weighted by Crippen LogP contribution is -2.26. The minimum absolute atomic E-state index is 0.0181. The summed E-state index contributed by atoms with van der Waals surface area (Å²) in [5.41, 5.74) is 4.25. The Kier molecular flexibility index (Phi) is 6.01. The molecule has 0 aliphatic heterocycles. The Bertz CT molecular complexity index is 547. The Morgan fingerprint density at radius 2 is 2.10 bits per heavy atom. The average Bonchev–Trinajstić information content (AvgIpc) is 2.42. The highest BCUT2D eigenvalue weighted by atomic mass is 79.9. The van der Waals surface area contributed by atoms with E-state index in [1.165, 1.54) is 6.07 Å². The Balaban J connectivity index is 2.70. The summed E-state index contributed by atoms with van der Waals surface area (Å²) in [7, 11) is 0. The maximum Gasteiger partial charge on any atom is 0.416 e. The van der Waals surface area contributed by atoms with E-state index in [-0.39, 0.29) is 28.8 Å². The molecule has 0 spiro atoms. The summed E-state index contributed by atoms with van der Waals surface area (Å²) in [6.07, 6.45) is -3.85. The number of amides is 1. The summed E-state index contributed by atoms with van der Waals surface area (Å²) in [6, 6.07) is 2.84. The lowest BCUT2D eigenvalue weighted by molar-refractivity contribution is -0.137. The number of nitrogens with one attached hydrogen (secondary N) is 1. The standard InChI is InChI=1S/C12H13BrF3N3O2/c13-9-4-3-7(12(14,15)16)6-8(9)11(20)18-5-1-2-10(17)19-21/h3-4,6,21H,1-2,5H2,(H2,17,19)(H,18,20). The molecule has 9 heteroatoms. The van der Waals surface area contributed by atoms with E-state index in [1.54, 1.807) is 0 Å². The van der Waals surface area contributed by atoms with Crippen molar-refractivity contribution >= 4 is 27.7 Å². The Morgan fingerprint density at radius 1 is 1.43 bits per heavy atom. The second-order valence-electron chi connectivity index (χ2n) is 4.14. The van der Waals surface area contributed by atoms with Gasteiger partial charge in [-0.3, -0.25) is 4.79 Å². The number of hydrogen-bond acceptors (Lipinski definition) is 3. The van der Waals surface area contributed by atoms with E-state index in [2.05, 4.69) is 26.4 Å². The minimum Gasteiger partial charge on any atom is -0.409 e. The maximum atomic E-state index is 12.6. The van der Waals surface area contributed by atoms with Gasteiger partial charge in [0.05, 0.1) is 11.1 Å². The molecular formula is C12H13BrF3N3O2. The van der Waals surface area contributed by atoms with Gasteiger partial charge in [0.15, 0.2) is 0 Å². The van der Waals surface area contributed by atoms with E-state index in [0.717, 1.165) is 12.1 Å². The Hall–Kier alpha value is -1.77. The molecule has 116 valence electrons. The fraction of sp³-hybridized carbons (Fsp3) is 0.333. The monoisotopic (exact) mass is 367 g/mol. The summed E-state index contributed by atoms with van der Waals surface area (Å²) in [5, 5.41) is 13.6. The van der Waals surface area contributed by atoms with Gasteiger partial charge in [0.1, 0.15) is 5.84 Å². The molecule has 0 saturated carbocycles. The largest absolute Gasteiger partial charge is 0.416 e. The molecule has 0 atom stereocenters. The van der Waals surface area contributed by atoms with Crippen molar-refractivity contribution in [2.24, 2.45) is 10.9 Å². The minimum atomic E-state index is -4.51. The van der Waals surface area contributed by atoms with E-state index in [9.17, 15) is 18.0 Å². The average molecular weight is 368 g/mol. The Morgan fingerprint density at radius 3 is 2.67 bits per heavy atom. The third-order valence-corrected chi connectivity index (χ3v) is 3.25. The first-order chi connectivity index (χ1) is 9.75. The van der Waals surface area contributed by atoms with Crippen LogP contribution in [0.15, 0.2) is 27.8 Å². The molecule has 1 amide bonds. The van der Waals surface area contributed by atoms with Gasteiger partial charge in [0.25, 0.3) is 5.91 Å². The van der Waals surface area contributed by atoms with Crippen molar-refractivity contribution in [1.82, 2.24) is 5.32 Å². The van der Waals surface area contributed by atoms with Crippen molar-refractivity contribution in [1.29, 1.82) is 0 Å². The van der Waals surface area contributed by atoms with Crippen LogP contribution in [-0.2, 0) is 6.18 Å². The number of carbonyl (C=O) groups is 1. The second-order valence-corrected chi connectivity index (χ2v) is 5.00. The molecule has 0 bridgehead atoms. The van der Waals surface area contributed by atoms with Crippen molar-refractivity contribution in [3.05, 3.63) is 33.8 Å². The van der Waals surface area contributed by atoms with Crippen molar-refractivity contribution < 1.29 is 23.2 Å². The molecule has 0 saturated heterocycles. The molecule has 1 aromatic rings. The zero-order chi connectivity index (χ0) is 16.0. The van der Waals surface area contributed by atoms with Crippen LogP contribution < -0.4 is 11.1 Å². The van der Waals surface area contributed by atoms with Gasteiger partial charge in [0.2, 0.25) is 0 Å². The Labute approximate surface area is 127 Å². The summed E-state index contributed by atoms with van der Waals surface area (Å²) in [6.45, 7) is 0.192. The van der Waals surface area contributed by atoms with Crippen molar-refractivity contribution in [2.45, 2.75) is 19.0 Å². The number of nitrogens with zero attached hydrogens (tertiary/aromatic N) is 1. The molecule has 1 aromatic carbocycles. The van der Waals surface area contributed by atoms with E-state index < -0.39 is 17.6 Å². The van der Waals surface area contributed by atoms with E-state index >= 15 is 0 Å². The molecule has 0 aromatic heterocycles. The number of halogens is 4. The highest BCUT2D eigenvalue weighted by Gasteiger charge is 2.31. The van der Waals surface area contributed by atoms with Crippen LogP contribution >= 0.6 is 15.9 Å². The fourth-order valence-corrected chi connectivity index (χ4v) is 1.92. The van der Waals surface area contributed by atoms with Crippen LogP contribution in [0.5, 0.6) is 0 Å². The van der Waals surface area contributed by atoms with Gasteiger partial charge < -0.3 is 16.3 Å². The summed E-state index contributed by atoms with van der Waals surface area (Å²) in [5.74, 6) is -0.614. The number of benzene rings is 1. The van der Waals surface area contributed by atoms with Crippen LogP contribution in [0.4, 0.5) is 13.2 Å². The van der Waals surface area contributed by atoms with Gasteiger partial charge in [0, 0.05) is 17.4 Å². The van der Waals surface area contributed by atoms with Gasteiger partial charge in [-0.1, -0.05) is 5.16 Å². The number of carbonyl (C=O) groups excluding carboxylic acids is 1. The zero-order valence-electron chi connectivity index (χ0n) is 10.7. The smallest absolute Gasteiger partial charge is 0.409 e. The number of amidine groups is 1. The first-order valence-electron chi connectivity index (χ1n) is 5.87. The van der Waals surface area contributed by atoms with Gasteiger partial charge in [-0.15, -0.1) is 0 Å². The number of oxime groups is 1. The van der Waals surface area contributed by atoms with E-state index in [1.807, 2.05) is 0 Å². The molecule has 4 N–H and O–H groups in total. The van der Waals surface area contributed by atoms with Crippen LogP contribution in [-0.4, -0.2) is 23.5 Å². The molecule has 0 unspecified atom stereocenters. The lowest BCUT2D eigenvalue weighted by atomic mass is 10.1. The SMILES string of the molecule is N/C(CCCNC(=O)c1cc(C(F)(F)F)ccc1Br)=N/O. The van der Waals surface area contributed by atoms with Gasteiger partial charge in [-0.05, 0) is 40.5 Å². The van der Waals surface area contributed by atoms with E-state index in [4.69, 9.17) is 10.9 Å². The highest BCUT2D eigenvalue weighted by molar-refractivity contribution is 9.10. The first kappa shape index (κ1) is 17.3. The topological polar surface area (TPSA) is 87.7 Å². The van der Waals surface area contributed by atoms with Gasteiger partial charge >= 0.3 is 6.18 Å². The number of rotatable bonds is 5. The third-order valence-electron chi connectivity index (χ3n) is 2.56. The molecule has 0 fully saturated rings. The molecule has 5 nitrogen and oxygen atoms in total. The number of hydrogen-bond donors (Lipinski definition) is 3. The molecular weight excluding hydrogens is 355 g/mol. The zero-order valence-corrected chi connectivity index (χ0v) is 12.3. The fourth-order valence-electron chi connectivity index (χ4n) is 1.49. The van der Waals surface area contributed by atoms with Gasteiger partial charge in [-0.2, -0.15) is 13.2 Å². The van der Waals surface area contributed by atoms with Crippen LogP contribution in [0, 0.1) is 0 Å². The van der Waals surface area contributed by atoms with Crippen LogP contribution in [0.3, 0.4) is 0 Å². The molecule has 0 radical (unpaired) electrons. The van der Waals surface area contributed by atoms with Crippen molar-refractivity contribution in [3.8, 4) is 0 Å². The normalized spacial score (nSPS) is 12.3. The predicted octanol–water partition coefficient (Wildman–Crippen LogP) is 2.72. The molecule has 1 rings (SSSR count). The predicted molar refractivity (Wildman–Crippen MR) is 74.1 cm³/mol. The summed E-state index contributed by atoms with van der Waals surface area (Å²) in [4.78, 5) is 11.8. The summed E-state index contributed by atoms with van der Waals surface area (Å²) >= 11 is 3.04. The lowest BCUT2D eigenvalue weighted by Gasteiger charge is -2.11. The highest BCUT2D eigenvalue weighted by Crippen LogP contribution is 2.31. The van der Waals surface area contributed by atoms with Gasteiger partial charge in [-0.25, -0.2) is 0 Å². The molecule has 0 aliphatic rings. The van der Waals surface area contributed by atoms with Crippen LogP contribution in [0.2, 0.25) is 0 Å². The maximum absolute atomic E-state index is 12.6. The number of alkyl halides is 3. The van der Waals surface area contributed by atoms with Crippen molar-refractivity contribution in [2.75, 3.05) is 6.54 Å². The van der Waals surface area contributed by atoms with E-state index in [0.29, 0.717) is 6.42 Å². The first-order valence-corrected chi connectivity index (χ1v) is 6.66. The molecule has 0 aliphatic carbocycles. The summed E-state index contributed by atoms with van der Waals surface area (Å²) < 4.78 is 38.1. The second kappa shape index (κ2) is 7.30. The molecule has 0 heterocycles. The quantitative estimate of drug-likeness (QED) is 0.246.